The molecule has 1 rings (SSSR count). The molecule has 19 heavy (non-hydrogen) atoms. The zero-order valence-corrected chi connectivity index (χ0v) is 12.2. The van der Waals surface area contributed by atoms with E-state index in [1.807, 2.05) is 26.0 Å². The number of carboxylic acid groups (broad SMARTS) is 1. The van der Waals surface area contributed by atoms with Crippen molar-refractivity contribution in [2.24, 2.45) is 5.92 Å². The molecule has 0 bridgehead atoms. The van der Waals surface area contributed by atoms with Gasteiger partial charge >= 0.3 is 5.97 Å². The van der Waals surface area contributed by atoms with Crippen LogP contribution in [-0.4, -0.2) is 35.1 Å². The first-order valence-electron chi connectivity index (χ1n) is 6.44. The van der Waals surface area contributed by atoms with Crippen LogP contribution in [-0.2, 0) is 0 Å². The van der Waals surface area contributed by atoms with E-state index in [9.17, 15) is 9.90 Å². The highest BCUT2D eigenvalue weighted by atomic mass is 32.2. The molecule has 5 heteroatoms. The number of nitrogens with one attached hydrogen (secondary N) is 1. The van der Waals surface area contributed by atoms with Crippen LogP contribution in [0.4, 0.5) is 5.69 Å². The number of aliphatic hydroxyl groups excluding tert-OH is 1. The minimum Gasteiger partial charge on any atom is -0.478 e. The molecular formula is C14H21NO3S. The molecule has 0 aromatic heterocycles. The van der Waals surface area contributed by atoms with Gasteiger partial charge in [0.25, 0.3) is 0 Å². The van der Waals surface area contributed by atoms with Gasteiger partial charge in [0, 0.05) is 23.7 Å². The zero-order chi connectivity index (χ0) is 14.3. The SMILES string of the molecule is CCSc1cccc(NCC(C)CCO)c1C(=O)O. The maximum atomic E-state index is 11.4. The zero-order valence-electron chi connectivity index (χ0n) is 11.3. The van der Waals surface area contributed by atoms with Crippen LogP contribution in [0.2, 0.25) is 0 Å². The van der Waals surface area contributed by atoms with E-state index in [0.29, 0.717) is 30.1 Å². The summed E-state index contributed by atoms with van der Waals surface area (Å²) in [6, 6.07) is 5.48. The van der Waals surface area contributed by atoms with Crippen LogP contribution < -0.4 is 5.32 Å². The standard InChI is InChI=1S/C14H21NO3S/c1-3-19-12-6-4-5-11(13(12)14(17)18)15-9-10(2)7-8-16/h4-6,10,15-16H,3,7-9H2,1-2H3,(H,17,18). The Morgan fingerprint density at radius 2 is 2.21 bits per heavy atom. The van der Waals surface area contributed by atoms with E-state index in [1.165, 1.54) is 11.8 Å². The second-order valence-corrected chi connectivity index (χ2v) is 5.72. The molecule has 106 valence electrons. The molecule has 1 atom stereocenters. The van der Waals surface area contributed by atoms with E-state index < -0.39 is 5.97 Å². The molecule has 3 N–H and O–H groups in total. The van der Waals surface area contributed by atoms with Gasteiger partial charge in [-0.05, 0) is 30.2 Å². The molecule has 0 fully saturated rings. The van der Waals surface area contributed by atoms with Crippen molar-refractivity contribution in [3.63, 3.8) is 0 Å². The Balaban J connectivity index is 2.87. The molecule has 0 aliphatic heterocycles. The first-order chi connectivity index (χ1) is 9.10. The number of benzene rings is 1. The fraction of sp³-hybridized carbons (Fsp3) is 0.500. The Bertz CT molecular complexity index is 423. The van der Waals surface area contributed by atoms with Gasteiger partial charge in [-0.2, -0.15) is 0 Å². The fourth-order valence-electron chi connectivity index (χ4n) is 1.78. The summed E-state index contributed by atoms with van der Waals surface area (Å²) in [5, 5.41) is 21.4. The molecular weight excluding hydrogens is 262 g/mol. The maximum absolute atomic E-state index is 11.4. The number of aromatic carboxylic acids is 1. The third kappa shape index (κ3) is 4.76. The second-order valence-electron chi connectivity index (χ2n) is 4.42. The predicted octanol–water partition coefficient (Wildman–Crippen LogP) is 2.93. The number of aliphatic hydroxyl groups is 1. The largest absolute Gasteiger partial charge is 0.478 e. The maximum Gasteiger partial charge on any atom is 0.338 e. The smallest absolute Gasteiger partial charge is 0.338 e. The lowest BCUT2D eigenvalue weighted by atomic mass is 10.1. The van der Waals surface area contributed by atoms with Crippen LogP contribution in [0.1, 0.15) is 30.6 Å². The van der Waals surface area contributed by atoms with Crippen molar-refractivity contribution in [2.45, 2.75) is 25.2 Å². The monoisotopic (exact) mass is 283 g/mol. The van der Waals surface area contributed by atoms with Gasteiger partial charge in [0.05, 0.1) is 5.56 Å². The van der Waals surface area contributed by atoms with Crippen molar-refractivity contribution in [3.8, 4) is 0 Å². The van der Waals surface area contributed by atoms with Crippen molar-refractivity contribution in [2.75, 3.05) is 24.2 Å². The number of hydrogen-bond acceptors (Lipinski definition) is 4. The van der Waals surface area contributed by atoms with Crippen LogP contribution in [0.5, 0.6) is 0 Å². The summed E-state index contributed by atoms with van der Waals surface area (Å²) >= 11 is 1.53. The third-order valence-corrected chi connectivity index (χ3v) is 3.74. The summed E-state index contributed by atoms with van der Waals surface area (Å²) in [7, 11) is 0. The van der Waals surface area contributed by atoms with Gasteiger partial charge < -0.3 is 15.5 Å². The first kappa shape index (κ1) is 15.9. The van der Waals surface area contributed by atoms with Crippen LogP contribution in [0.25, 0.3) is 0 Å². The lowest BCUT2D eigenvalue weighted by molar-refractivity contribution is 0.0694. The Morgan fingerprint density at radius 3 is 2.79 bits per heavy atom. The molecule has 0 spiro atoms. The number of carbonyl (C=O) groups is 1. The van der Waals surface area contributed by atoms with E-state index in [2.05, 4.69) is 5.32 Å². The number of thioether (sulfide) groups is 1. The summed E-state index contributed by atoms with van der Waals surface area (Å²) in [5.41, 5.74) is 0.987. The number of hydrogen-bond donors (Lipinski definition) is 3. The first-order valence-corrected chi connectivity index (χ1v) is 7.42. The molecule has 1 aromatic rings. The topological polar surface area (TPSA) is 69.6 Å². The van der Waals surface area contributed by atoms with E-state index in [4.69, 9.17) is 5.11 Å². The molecule has 0 radical (unpaired) electrons. The van der Waals surface area contributed by atoms with Gasteiger partial charge in [-0.25, -0.2) is 4.79 Å². The normalized spacial score (nSPS) is 12.2. The van der Waals surface area contributed by atoms with E-state index in [0.717, 1.165) is 10.6 Å². The number of carboxylic acids is 1. The van der Waals surface area contributed by atoms with Gasteiger partial charge in [-0.15, -0.1) is 11.8 Å². The lowest BCUT2D eigenvalue weighted by Crippen LogP contribution is -2.15. The summed E-state index contributed by atoms with van der Waals surface area (Å²) < 4.78 is 0. The molecule has 4 nitrogen and oxygen atoms in total. The van der Waals surface area contributed by atoms with Crippen molar-refractivity contribution in [3.05, 3.63) is 23.8 Å². The van der Waals surface area contributed by atoms with Crippen molar-refractivity contribution >= 4 is 23.4 Å². The Labute approximate surface area is 118 Å². The van der Waals surface area contributed by atoms with E-state index >= 15 is 0 Å². The number of anilines is 1. The highest BCUT2D eigenvalue weighted by Gasteiger charge is 2.15. The molecule has 0 saturated carbocycles. The second kappa shape index (κ2) is 8.07. The molecule has 0 aliphatic rings. The van der Waals surface area contributed by atoms with Crippen molar-refractivity contribution in [1.29, 1.82) is 0 Å². The fourth-order valence-corrected chi connectivity index (χ4v) is 2.61. The summed E-state index contributed by atoms with van der Waals surface area (Å²) in [6.45, 7) is 4.83. The molecule has 0 saturated heterocycles. The van der Waals surface area contributed by atoms with Crippen LogP contribution >= 0.6 is 11.8 Å². The highest BCUT2D eigenvalue weighted by molar-refractivity contribution is 7.99. The van der Waals surface area contributed by atoms with Crippen molar-refractivity contribution < 1.29 is 15.0 Å². The summed E-state index contributed by atoms with van der Waals surface area (Å²) in [6.07, 6.45) is 0.707. The summed E-state index contributed by atoms with van der Waals surface area (Å²) in [5.74, 6) is 0.230. The van der Waals surface area contributed by atoms with E-state index in [1.54, 1.807) is 6.07 Å². The van der Waals surface area contributed by atoms with E-state index in [-0.39, 0.29) is 6.61 Å². The predicted molar refractivity (Wildman–Crippen MR) is 79.2 cm³/mol. The van der Waals surface area contributed by atoms with Gasteiger partial charge in [-0.1, -0.05) is 19.9 Å². The van der Waals surface area contributed by atoms with Gasteiger partial charge in [0.15, 0.2) is 0 Å². The molecule has 0 aliphatic carbocycles. The molecule has 1 unspecified atom stereocenters. The molecule has 1 aromatic carbocycles. The minimum absolute atomic E-state index is 0.153. The van der Waals surface area contributed by atoms with Crippen LogP contribution in [0.3, 0.4) is 0 Å². The Morgan fingerprint density at radius 1 is 1.47 bits per heavy atom. The number of rotatable bonds is 8. The molecule has 0 amide bonds. The average Bonchev–Trinajstić information content (AvgIpc) is 2.37. The highest BCUT2D eigenvalue weighted by Crippen LogP contribution is 2.28. The van der Waals surface area contributed by atoms with Crippen molar-refractivity contribution in [1.82, 2.24) is 0 Å². The quantitative estimate of drug-likeness (QED) is 0.640. The average molecular weight is 283 g/mol. The van der Waals surface area contributed by atoms with Gasteiger partial charge in [0.1, 0.15) is 0 Å². The van der Waals surface area contributed by atoms with Gasteiger partial charge in [-0.3, -0.25) is 0 Å². The van der Waals surface area contributed by atoms with Crippen LogP contribution in [0, 0.1) is 5.92 Å². The van der Waals surface area contributed by atoms with Crippen LogP contribution in [0.15, 0.2) is 23.1 Å². The summed E-state index contributed by atoms with van der Waals surface area (Å²) in [4.78, 5) is 12.2. The lowest BCUT2D eigenvalue weighted by Gasteiger charge is -2.15. The Hall–Kier alpha value is -1.20. The molecule has 0 heterocycles. The third-order valence-electron chi connectivity index (χ3n) is 2.80. The van der Waals surface area contributed by atoms with Gasteiger partial charge in [0.2, 0.25) is 0 Å². The minimum atomic E-state index is -0.908. The Kier molecular flexibility index (Phi) is 6.73.